The fraction of sp³-hybridized carbons (Fsp3) is 0.585. The maximum absolute atomic E-state index is 14.3. The summed E-state index contributed by atoms with van der Waals surface area (Å²) < 4.78 is 111. The minimum absolute atomic E-state index is 0.145. The Labute approximate surface area is 399 Å². The normalized spacial score (nSPS) is 16.0. The molecule has 0 bridgehead atoms. The van der Waals surface area contributed by atoms with Crippen LogP contribution in [0.2, 0.25) is 0 Å². The molecule has 29 heteroatoms. The highest BCUT2D eigenvalue weighted by Crippen LogP contribution is 2.57. The number of benzene rings is 2. The van der Waals surface area contributed by atoms with E-state index >= 15 is 0 Å². The van der Waals surface area contributed by atoms with Crippen molar-refractivity contribution in [3.63, 3.8) is 0 Å². The van der Waals surface area contributed by atoms with Gasteiger partial charge in [-0.15, -0.1) is 0 Å². The Morgan fingerprint density at radius 1 is 0.557 bits per heavy atom. The molecule has 70 heavy (non-hydrogen) atoms. The highest BCUT2D eigenvalue weighted by molar-refractivity contribution is 5.84. The molecule has 2 saturated heterocycles. The number of fused-ring (bicyclic) bond motifs is 1. The molecule has 2 aliphatic rings. The lowest BCUT2D eigenvalue weighted by Crippen LogP contribution is -2.55. The Hall–Kier alpha value is -5.79. The average molecular weight is 1010 g/mol. The van der Waals surface area contributed by atoms with Gasteiger partial charge in [-0.1, -0.05) is 0 Å². The number of nitrogens with zero attached hydrogens (tertiary/aromatic N) is 10. The van der Waals surface area contributed by atoms with E-state index in [4.69, 9.17) is 23.7 Å². The van der Waals surface area contributed by atoms with Gasteiger partial charge in [0.1, 0.15) is 51.3 Å². The summed E-state index contributed by atoms with van der Waals surface area (Å²) in [6.07, 6.45) is -12.8. The number of carbonyl (C=O) groups is 2. The first kappa shape index (κ1) is 58.5. The van der Waals surface area contributed by atoms with E-state index < -0.39 is 89.1 Å². The van der Waals surface area contributed by atoms with Crippen LogP contribution in [0, 0.1) is 0 Å². The van der Waals surface area contributed by atoms with Gasteiger partial charge in [-0.2, -0.15) is 41.3 Å². The number of hydrogen-bond donors (Lipinski definition) is 6. The van der Waals surface area contributed by atoms with Gasteiger partial charge in [0.2, 0.25) is 23.3 Å². The Morgan fingerprint density at radius 2 is 0.900 bits per heavy atom. The second-order valence-electron chi connectivity index (χ2n) is 15.7. The fourth-order valence-corrected chi connectivity index (χ4v) is 7.54. The molecule has 0 saturated carbocycles. The number of likely N-dealkylation sites (N-methyl/N-ethyl adjacent to an activating group) is 2. The maximum Gasteiger partial charge on any atom is 0.411 e. The van der Waals surface area contributed by atoms with Crippen LogP contribution in [0.1, 0.15) is 33.4 Å². The Morgan fingerprint density at radius 3 is 1.20 bits per heavy atom. The van der Waals surface area contributed by atoms with Gasteiger partial charge >= 0.3 is 24.4 Å². The van der Waals surface area contributed by atoms with E-state index in [0.717, 1.165) is 0 Å². The number of anilines is 3. The number of carbonyl (C=O) groups excluding carboxylic acids is 2. The van der Waals surface area contributed by atoms with E-state index in [1.165, 1.54) is 33.8 Å². The largest absolute Gasteiger partial charge is 0.507 e. The molecule has 0 aliphatic carbocycles. The zero-order valence-electron chi connectivity index (χ0n) is 40.1. The van der Waals surface area contributed by atoms with E-state index in [1.807, 2.05) is 26.0 Å². The molecule has 2 fully saturated rings. The molecule has 6 N–H and O–H groups in total. The number of rotatable bonds is 19. The van der Waals surface area contributed by atoms with Crippen LogP contribution in [0.4, 0.5) is 53.8 Å². The second-order valence-corrected chi connectivity index (χ2v) is 15.7. The van der Waals surface area contributed by atoms with E-state index in [0.29, 0.717) is 62.3 Å². The van der Waals surface area contributed by atoms with Crippen LogP contribution in [0.5, 0.6) is 11.5 Å². The number of aromatic nitrogens is 3. The monoisotopic (exact) mass is 1010 g/mol. The number of urea groups is 2. The predicted octanol–water partition coefficient (Wildman–Crippen LogP) is 2.05. The third kappa shape index (κ3) is 12.0. The molecule has 0 radical (unpaired) electrons. The van der Waals surface area contributed by atoms with Gasteiger partial charge < -0.3 is 73.9 Å². The van der Waals surface area contributed by atoms with Crippen molar-refractivity contribution in [1.29, 1.82) is 0 Å². The summed E-state index contributed by atoms with van der Waals surface area (Å²) in [5.41, 5.74) is -10.5. The Kier molecular flexibility index (Phi) is 20.8. The molecule has 0 atom stereocenters. The van der Waals surface area contributed by atoms with Crippen LogP contribution >= 0.6 is 0 Å². The van der Waals surface area contributed by atoms with E-state index in [9.17, 15) is 66.6 Å². The highest BCUT2D eigenvalue weighted by atomic mass is 19.4. The number of halogens is 6. The lowest BCUT2D eigenvalue weighted by Gasteiger charge is -2.39. The zero-order chi connectivity index (χ0) is 53.1. The van der Waals surface area contributed by atoms with E-state index in [-0.39, 0.29) is 37.9 Å². The van der Waals surface area contributed by atoms with Gasteiger partial charge in [-0.05, 0) is 35.4 Å². The lowest BCUT2D eigenvalue weighted by molar-refractivity contribution is -0.288. The molecule has 0 unspecified atom stereocenters. The number of ether oxygens (including phenoxy) is 5. The van der Waals surface area contributed by atoms with Gasteiger partial charge in [-0.3, -0.25) is 14.7 Å². The van der Waals surface area contributed by atoms with Crippen LogP contribution in [0.15, 0.2) is 24.3 Å². The van der Waals surface area contributed by atoms with Gasteiger partial charge in [0.05, 0.1) is 26.4 Å². The topological polar surface area (TPSA) is 263 Å². The van der Waals surface area contributed by atoms with Crippen molar-refractivity contribution in [1.82, 2.24) is 34.6 Å². The Bertz CT molecular complexity index is 2050. The molecule has 3 heterocycles. The van der Waals surface area contributed by atoms with Gasteiger partial charge in [0, 0.05) is 93.0 Å². The Balaban J connectivity index is 0.000000291. The number of hydrogen-bond acceptors (Lipinski definition) is 19. The van der Waals surface area contributed by atoms with Gasteiger partial charge in [0.25, 0.3) is 0 Å². The van der Waals surface area contributed by atoms with Crippen molar-refractivity contribution in [3.05, 3.63) is 57.6 Å². The molecule has 3 aromatic rings. The summed E-state index contributed by atoms with van der Waals surface area (Å²) in [5, 5.41) is 57.0. The van der Waals surface area contributed by atoms with Crippen molar-refractivity contribution in [2.75, 3.05) is 119 Å². The summed E-state index contributed by atoms with van der Waals surface area (Å²) in [7, 11) is 16.8. The minimum atomic E-state index is -6.06. The number of methoxy groups -OCH3 is 5. The number of aliphatic hydroxyl groups is 4. The second kappa shape index (κ2) is 24.9. The standard InChI is InChI=1S/C19H18F6O6.C12H24N6O3.C10H18N4O4/c20-18(21,22)17(19(23,24)25,13-1-9(5-26)15(30)10(2-13)6-27)14-3-11(7-28)16(31)12(4-14)8-29;1-16(2)10-13-11(17(3)7-19-4)15-12(14-10)18(8-20-5)9-21-6;1-11-7-8(13(5-17-3)9(11)15)14(6-18-4)10(16)12(7)2/h1-4,26-31H,5-8H2;7-9H2,1-6H3;7-8H,5-6H2,1-4H3. The maximum atomic E-state index is 14.3. The first-order valence-corrected chi connectivity index (χ1v) is 20.6. The molecule has 23 nitrogen and oxygen atoms in total. The first-order valence-electron chi connectivity index (χ1n) is 20.6. The van der Waals surface area contributed by atoms with Crippen LogP contribution in [-0.2, 0) is 55.5 Å². The first-order chi connectivity index (χ1) is 32.9. The lowest BCUT2D eigenvalue weighted by atomic mass is 9.71. The van der Waals surface area contributed by atoms with Crippen LogP contribution in [0.3, 0.4) is 0 Å². The number of aliphatic hydroxyl groups excluding tert-OH is 4. The van der Waals surface area contributed by atoms with E-state index in [1.54, 1.807) is 45.2 Å². The number of aromatic hydroxyl groups is 2. The minimum Gasteiger partial charge on any atom is -0.507 e. The zero-order valence-corrected chi connectivity index (χ0v) is 40.1. The summed E-state index contributed by atoms with van der Waals surface area (Å²) >= 11 is 0. The number of alkyl halides is 6. The molecular formula is C41H60F6N10O13. The summed E-state index contributed by atoms with van der Waals surface area (Å²) in [5.74, 6) is -0.192. The van der Waals surface area contributed by atoms with Crippen molar-refractivity contribution in [2.45, 2.75) is 56.5 Å². The SMILES string of the molecule is COCN(C)c1nc(N(C)C)nc(N(COC)COC)n1.COCN1C(=O)N(C)C2C1N(COC)C(=O)N2C.OCc1cc(C(c2cc(CO)c(O)c(CO)c2)(C(F)(F)F)C(F)(F)F)cc(CO)c1O. The number of phenols is 2. The predicted molar refractivity (Wildman–Crippen MR) is 235 cm³/mol. The third-order valence-electron chi connectivity index (χ3n) is 10.8. The highest BCUT2D eigenvalue weighted by Gasteiger charge is 2.73. The van der Waals surface area contributed by atoms with Gasteiger partial charge in [-0.25, -0.2) is 9.59 Å². The van der Waals surface area contributed by atoms with Crippen molar-refractivity contribution in [2.24, 2.45) is 0 Å². The van der Waals surface area contributed by atoms with Crippen molar-refractivity contribution < 1.29 is 90.3 Å². The van der Waals surface area contributed by atoms with Crippen molar-refractivity contribution in [3.8, 4) is 11.5 Å². The van der Waals surface area contributed by atoms with Crippen LogP contribution < -0.4 is 14.7 Å². The van der Waals surface area contributed by atoms with Crippen molar-refractivity contribution >= 4 is 29.9 Å². The van der Waals surface area contributed by atoms with Crippen LogP contribution in [-0.4, -0.2) is 206 Å². The molecule has 0 spiro atoms. The number of amides is 4. The summed E-state index contributed by atoms with van der Waals surface area (Å²) in [4.78, 5) is 48.9. The summed E-state index contributed by atoms with van der Waals surface area (Å²) in [6.45, 7) is -3.20. The van der Waals surface area contributed by atoms with Crippen LogP contribution in [0.25, 0.3) is 0 Å². The molecule has 5 rings (SSSR count). The molecule has 2 aliphatic heterocycles. The molecule has 2 aromatic carbocycles. The third-order valence-corrected chi connectivity index (χ3v) is 10.8. The molecule has 1 aromatic heterocycles. The molecule has 4 amide bonds. The fourth-order valence-electron chi connectivity index (χ4n) is 7.54. The van der Waals surface area contributed by atoms with Gasteiger partial charge in [0.15, 0.2) is 6.17 Å². The quantitative estimate of drug-likeness (QED) is 0.0742. The van der Waals surface area contributed by atoms with E-state index in [2.05, 4.69) is 15.0 Å². The average Bonchev–Trinajstić information content (AvgIpc) is 3.69. The summed E-state index contributed by atoms with van der Waals surface area (Å²) in [6, 6.07) is 0.901. The molecule has 394 valence electrons. The smallest absolute Gasteiger partial charge is 0.411 e. The molecular weight excluding hydrogens is 954 g/mol.